The van der Waals surface area contributed by atoms with E-state index < -0.39 is 0 Å². The van der Waals surface area contributed by atoms with E-state index in [1.165, 1.54) is 38.5 Å². The Balaban J connectivity index is 1.72. The first-order valence-electron chi connectivity index (χ1n) is 7.19. The van der Waals surface area contributed by atoms with Crippen LogP contribution < -0.4 is 5.09 Å². The molecular formula is C15H23NP2. The molecule has 0 amide bonds. The standard InChI is InChI=1S/C15H23NP2/c17-15-11-10-14(12-6-2-1-3-7-12)18(15)16-13-8-4-5-9-13/h1-3,6-7,13-16H,4-5,8-11,17H2/t14-,15-,18?/m1/s1. The zero-order chi connectivity index (χ0) is 12.4. The second-order valence-corrected chi connectivity index (χ2v) is 9.31. The van der Waals surface area contributed by atoms with Crippen molar-refractivity contribution >= 4 is 17.3 Å². The summed E-state index contributed by atoms with van der Waals surface area (Å²) in [5, 5.41) is 4.83. The molecule has 98 valence electrons. The third-order valence-corrected chi connectivity index (χ3v) is 8.46. The highest BCUT2D eigenvalue weighted by molar-refractivity contribution is 7.64. The summed E-state index contributed by atoms with van der Waals surface area (Å²) in [5.41, 5.74) is 2.34. The van der Waals surface area contributed by atoms with Crippen LogP contribution in [0.4, 0.5) is 0 Å². The van der Waals surface area contributed by atoms with Gasteiger partial charge in [0.05, 0.1) is 0 Å². The van der Waals surface area contributed by atoms with E-state index in [9.17, 15) is 0 Å². The van der Waals surface area contributed by atoms with Crippen LogP contribution in [0.3, 0.4) is 0 Å². The highest BCUT2D eigenvalue weighted by atomic mass is 31.2. The average molecular weight is 279 g/mol. The third-order valence-electron chi connectivity index (χ3n) is 4.30. The summed E-state index contributed by atoms with van der Waals surface area (Å²) in [6.07, 6.45) is 8.39. The third kappa shape index (κ3) is 2.79. The first-order chi connectivity index (χ1) is 8.84. The molecule has 0 radical (unpaired) electrons. The molecule has 0 bridgehead atoms. The Hall–Kier alpha value is 0.0400. The van der Waals surface area contributed by atoms with Crippen molar-refractivity contribution in [3.63, 3.8) is 0 Å². The van der Waals surface area contributed by atoms with E-state index in [0.29, 0.717) is 0 Å². The second kappa shape index (κ2) is 6.00. The summed E-state index contributed by atoms with van der Waals surface area (Å²) in [5.74, 6) is 0. The van der Waals surface area contributed by atoms with Gasteiger partial charge in [-0.25, -0.2) is 0 Å². The number of hydrogen-bond acceptors (Lipinski definition) is 1. The molecule has 1 heterocycles. The lowest BCUT2D eigenvalue weighted by atomic mass is 10.1. The lowest BCUT2D eigenvalue weighted by Crippen LogP contribution is -2.23. The molecule has 0 aromatic heterocycles. The van der Waals surface area contributed by atoms with Gasteiger partial charge in [0, 0.05) is 17.1 Å². The van der Waals surface area contributed by atoms with Gasteiger partial charge in [0.15, 0.2) is 0 Å². The first-order valence-corrected chi connectivity index (χ1v) is 9.34. The number of benzene rings is 1. The summed E-state index contributed by atoms with van der Waals surface area (Å²) in [6, 6.07) is 12.0. The Labute approximate surface area is 114 Å². The van der Waals surface area contributed by atoms with Crippen molar-refractivity contribution in [1.29, 1.82) is 0 Å². The minimum Gasteiger partial charge on any atom is -0.292 e. The van der Waals surface area contributed by atoms with E-state index in [1.807, 2.05) is 0 Å². The molecule has 2 aliphatic rings. The smallest absolute Gasteiger partial charge is 0.0178 e. The lowest BCUT2D eigenvalue weighted by Gasteiger charge is -2.28. The highest BCUT2D eigenvalue weighted by Gasteiger charge is 2.35. The normalized spacial score (nSPS) is 33.1. The Bertz CT molecular complexity index is 375. The van der Waals surface area contributed by atoms with E-state index in [-0.39, 0.29) is 8.07 Å². The maximum Gasteiger partial charge on any atom is 0.0178 e. The van der Waals surface area contributed by atoms with Crippen LogP contribution in [0.25, 0.3) is 0 Å². The number of hydrogen-bond donors (Lipinski definition) is 1. The largest absolute Gasteiger partial charge is 0.292 e. The van der Waals surface area contributed by atoms with Crippen molar-refractivity contribution in [1.82, 2.24) is 5.09 Å². The minimum atomic E-state index is -0.0441. The summed E-state index contributed by atoms with van der Waals surface area (Å²) in [6.45, 7) is 0. The Kier molecular flexibility index (Phi) is 4.34. The van der Waals surface area contributed by atoms with Gasteiger partial charge in [-0.15, -0.1) is 9.24 Å². The molecule has 1 N–H and O–H groups in total. The Morgan fingerprint density at radius 2 is 1.72 bits per heavy atom. The molecule has 3 rings (SSSR count). The molecule has 1 aliphatic carbocycles. The van der Waals surface area contributed by atoms with Crippen LogP contribution in [-0.2, 0) is 0 Å². The molecule has 1 aliphatic heterocycles. The van der Waals surface area contributed by atoms with Crippen molar-refractivity contribution < 1.29 is 0 Å². The van der Waals surface area contributed by atoms with Crippen molar-refractivity contribution in [3.05, 3.63) is 35.9 Å². The molecule has 4 atom stereocenters. The molecule has 1 aromatic rings. The molecular weight excluding hydrogens is 256 g/mol. The van der Waals surface area contributed by atoms with Crippen molar-refractivity contribution in [2.75, 3.05) is 0 Å². The van der Waals surface area contributed by atoms with Gasteiger partial charge in [-0.2, -0.15) is 0 Å². The lowest BCUT2D eigenvalue weighted by molar-refractivity contribution is 0.646. The van der Waals surface area contributed by atoms with Gasteiger partial charge >= 0.3 is 0 Å². The fourth-order valence-corrected chi connectivity index (χ4v) is 7.23. The zero-order valence-electron chi connectivity index (χ0n) is 10.9. The molecule has 3 heteroatoms. The monoisotopic (exact) mass is 279 g/mol. The molecule has 0 spiro atoms. The maximum absolute atomic E-state index is 4.02. The van der Waals surface area contributed by atoms with E-state index in [1.54, 1.807) is 5.56 Å². The maximum atomic E-state index is 4.02. The quantitative estimate of drug-likeness (QED) is 0.794. The zero-order valence-corrected chi connectivity index (χ0v) is 12.9. The Morgan fingerprint density at radius 1 is 1.00 bits per heavy atom. The molecule has 1 saturated heterocycles. The first kappa shape index (κ1) is 13.0. The predicted molar refractivity (Wildman–Crippen MR) is 84.2 cm³/mol. The van der Waals surface area contributed by atoms with Crippen LogP contribution in [0.15, 0.2) is 30.3 Å². The molecule has 1 nitrogen and oxygen atoms in total. The molecule has 2 fully saturated rings. The molecule has 18 heavy (non-hydrogen) atoms. The van der Waals surface area contributed by atoms with Gasteiger partial charge < -0.3 is 0 Å². The van der Waals surface area contributed by atoms with Crippen LogP contribution in [0.5, 0.6) is 0 Å². The predicted octanol–water partition coefficient (Wildman–Crippen LogP) is 4.65. The second-order valence-electron chi connectivity index (χ2n) is 5.59. The van der Waals surface area contributed by atoms with Crippen LogP contribution in [0, 0.1) is 0 Å². The van der Waals surface area contributed by atoms with Crippen molar-refractivity contribution in [2.24, 2.45) is 0 Å². The summed E-state index contributed by atoms with van der Waals surface area (Å²) in [4.78, 5) is 0. The average Bonchev–Trinajstić information content (AvgIpc) is 3.03. The van der Waals surface area contributed by atoms with Gasteiger partial charge in [-0.1, -0.05) is 43.2 Å². The molecule has 1 saturated carbocycles. The fraction of sp³-hybridized carbons (Fsp3) is 0.600. The topological polar surface area (TPSA) is 12.0 Å². The fourth-order valence-electron chi connectivity index (χ4n) is 3.29. The van der Waals surface area contributed by atoms with Crippen molar-refractivity contribution in [2.45, 2.75) is 55.6 Å². The van der Waals surface area contributed by atoms with E-state index >= 15 is 0 Å². The van der Waals surface area contributed by atoms with Crippen LogP contribution in [0.2, 0.25) is 0 Å². The Morgan fingerprint density at radius 3 is 2.44 bits per heavy atom. The summed E-state index contributed by atoms with van der Waals surface area (Å²) >= 11 is 0. The molecule has 1 aromatic carbocycles. The summed E-state index contributed by atoms with van der Waals surface area (Å²) < 4.78 is 0. The minimum absolute atomic E-state index is 0.0441. The SMILES string of the molecule is P[C@H]1CC[C@H](c2ccccc2)P1NC1CCCC1. The molecule has 2 unspecified atom stereocenters. The van der Waals surface area contributed by atoms with Gasteiger partial charge in [-0.3, -0.25) is 5.09 Å². The van der Waals surface area contributed by atoms with E-state index in [0.717, 1.165) is 17.1 Å². The van der Waals surface area contributed by atoms with Crippen molar-refractivity contribution in [3.8, 4) is 0 Å². The summed E-state index contributed by atoms with van der Waals surface area (Å²) in [7, 11) is 3.06. The van der Waals surface area contributed by atoms with Gasteiger partial charge in [-0.05, 0) is 39.3 Å². The van der Waals surface area contributed by atoms with Crippen LogP contribution >= 0.6 is 17.3 Å². The van der Waals surface area contributed by atoms with E-state index in [4.69, 9.17) is 0 Å². The van der Waals surface area contributed by atoms with Gasteiger partial charge in [0.25, 0.3) is 0 Å². The van der Waals surface area contributed by atoms with Gasteiger partial charge in [0.2, 0.25) is 0 Å². The van der Waals surface area contributed by atoms with Crippen LogP contribution in [-0.4, -0.2) is 11.4 Å². The number of nitrogens with one attached hydrogen (secondary N) is 1. The van der Waals surface area contributed by atoms with E-state index in [2.05, 4.69) is 44.7 Å². The van der Waals surface area contributed by atoms with Crippen LogP contribution in [0.1, 0.15) is 49.7 Å². The van der Waals surface area contributed by atoms with Gasteiger partial charge in [0.1, 0.15) is 0 Å². The highest BCUT2D eigenvalue weighted by Crippen LogP contribution is 2.63. The number of rotatable bonds is 3.